The zero-order valence-corrected chi connectivity index (χ0v) is 10.4. The summed E-state index contributed by atoms with van der Waals surface area (Å²) in [7, 11) is 0. The van der Waals surface area contributed by atoms with Crippen molar-refractivity contribution in [1.82, 2.24) is 15.0 Å². The topological polar surface area (TPSA) is 38.7 Å². The molecule has 0 aromatic carbocycles. The average Bonchev–Trinajstić information content (AvgIpc) is 2.25. The van der Waals surface area contributed by atoms with E-state index in [1.807, 2.05) is 25.4 Å². The Morgan fingerprint density at radius 1 is 1.20 bits per heavy atom. The molecule has 0 amide bonds. The van der Waals surface area contributed by atoms with Gasteiger partial charge in [-0.2, -0.15) is 0 Å². The van der Waals surface area contributed by atoms with Crippen LogP contribution in [0.1, 0.15) is 5.56 Å². The summed E-state index contributed by atoms with van der Waals surface area (Å²) in [6.07, 6.45) is 7.13. The molecule has 0 unspecified atom stereocenters. The molecule has 76 valence electrons. The standard InChI is InChI=1S/C10H8BrN3S/c1-7-4-13-10(14-5-7)15-9-2-3-12-6-8(9)11/h2-6H,1H3. The molecule has 0 fully saturated rings. The van der Waals surface area contributed by atoms with Crippen LogP contribution in [-0.4, -0.2) is 15.0 Å². The van der Waals surface area contributed by atoms with E-state index < -0.39 is 0 Å². The molecule has 0 saturated carbocycles. The van der Waals surface area contributed by atoms with Crippen LogP contribution in [0.4, 0.5) is 0 Å². The first-order valence-electron chi connectivity index (χ1n) is 4.32. The molecule has 2 heterocycles. The average molecular weight is 282 g/mol. The third kappa shape index (κ3) is 2.76. The molecule has 2 aromatic rings. The van der Waals surface area contributed by atoms with Gasteiger partial charge in [-0.3, -0.25) is 4.98 Å². The quantitative estimate of drug-likeness (QED) is 0.793. The maximum atomic E-state index is 4.23. The first-order valence-corrected chi connectivity index (χ1v) is 5.92. The molecule has 15 heavy (non-hydrogen) atoms. The lowest BCUT2D eigenvalue weighted by Gasteiger charge is -2.01. The van der Waals surface area contributed by atoms with Crippen LogP contribution in [0.3, 0.4) is 0 Å². The molecule has 0 spiro atoms. The van der Waals surface area contributed by atoms with E-state index >= 15 is 0 Å². The second kappa shape index (κ2) is 4.72. The highest BCUT2D eigenvalue weighted by atomic mass is 79.9. The highest BCUT2D eigenvalue weighted by Gasteiger charge is 2.03. The molecule has 0 bridgehead atoms. The van der Waals surface area contributed by atoms with Crippen LogP contribution >= 0.6 is 27.7 Å². The SMILES string of the molecule is Cc1cnc(Sc2ccncc2Br)nc1. The Balaban J connectivity index is 2.22. The lowest BCUT2D eigenvalue weighted by molar-refractivity contribution is 0.949. The molecule has 5 heteroatoms. The van der Waals surface area contributed by atoms with Gasteiger partial charge in [0, 0.05) is 34.2 Å². The third-order valence-corrected chi connectivity index (χ3v) is 3.56. The zero-order chi connectivity index (χ0) is 10.7. The summed E-state index contributed by atoms with van der Waals surface area (Å²) in [4.78, 5) is 13.5. The summed E-state index contributed by atoms with van der Waals surface area (Å²) >= 11 is 4.94. The number of hydrogen-bond donors (Lipinski definition) is 0. The minimum atomic E-state index is 0.743. The van der Waals surface area contributed by atoms with Gasteiger partial charge in [0.25, 0.3) is 0 Å². The van der Waals surface area contributed by atoms with Crippen molar-refractivity contribution in [3.63, 3.8) is 0 Å². The summed E-state index contributed by atoms with van der Waals surface area (Å²) in [5, 5.41) is 0.743. The van der Waals surface area contributed by atoms with Crippen LogP contribution in [0.2, 0.25) is 0 Å². The largest absolute Gasteiger partial charge is 0.263 e. The fourth-order valence-electron chi connectivity index (χ4n) is 0.977. The minimum absolute atomic E-state index is 0.743. The lowest BCUT2D eigenvalue weighted by Crippen LogP contribution is -1.87. The molecule has 0 aliphatic carbocycles. The van der Waals surface area contributed by atoms with E-state index in [1.54, 1.807) is 12.4 Å². The molecular weight excluding hydrogens is 274 g/mol. The summed E-state index contributed by atoms with van der Waals surface area (Å²) < 4.78 is 0.958. The Morgan fingerprint density at radius 2 is 1.93 bits per heavy atom. The van der Waals surface area contributed by atoms with Crippen LogP contribution < -0.4 is 0 Å². The summed E-state index contributed by atoms with van der Waals surface area (Å²) in [5.74, 6) is 0. The van der Waals surface area contributed by atoms with Gasteiger partial charge in [0.1, 0.15) is 0 Å². The molecule has 0 aliphatic heterocycles. The number of halogens is 1. The van der Waals surface area contributed by atoms with Gasteiger partial charge >= 0.3 is 0 Å². The van der Waals surface area contributed by atoms with E-state index in [-0.39, 0.29) is 0 Å². The number of aromatic nitrogens is 3. The van der Waals surface area contributed by atoms with Gasteiger partial charge in [0.15, 0.2) is 5.16 Å². The number of hydrogen-bond acceptors (Lipinski definition) is 4. The molecular formula is C10H8BrN3S. The first kappa shape index (κ1) is 10.6. The van der Waals surface area contributed by atoms with E-state index in [0.29, 0.717) is 0 Å². The van der Waals surface area contributed by atoms with Crippen LogP contribution in [0.5, 0.6) is 0 Å². The van der Waals surface area contributed by atoms with E-state index in [4.69, 9.17) is 0 Å². The minimum Gasteiger partial charge on any atom is -0.263 e. The van der Waals surface area contributed by atoms with Crippen LogP contribution in [0.25, 0.3) is 0 Å². The second-order valence-electron chi connectivity index (χ2n) is 2.95. The monoisotopic (exact) mass is 281 g/mol. The maximum Gasteiger partial charge on any atom is 0.192 e. The zero-order valence-electron chi connectivity index (χ0n) is 8.01. The lowest BCUT2D eigenvalue weighted by atomic mass is 10.4. The van der Waals surface area contributed by atoms with Crippen LogP contribution in [0.15, 0.2) is 45.4 Å². The van der Waals surface area contributed by atoms with Gasteiger partial charge in [0.2, 0.25) is 0 Å². The smallest absolute Gasteiger partial charge is 0.192 e. The molecule has 0 aliphatic rings. The van der Waals surface area contributed by atoms with Crippen LogP contribution in [-0.2, 0) is 0 Å². The van der Waals surface area contributed by atoms with E-state index in [1.165, 1.54) is 11.8 Å². The van der Waals surface area contributed by atoms with E-state index in [0.717, 1.165) is 20.1 Å². The van der Waals surface area contributed by atoms with E-state index in [2.05, 4.69) is 30.9 Å². The highest BCUT2D eigenvalue weighted by Crippen LogP contribution is 2.30. The number of pyridine rings is 1. The van der Waals surface area contributed by atoms with Crippen molar-refractivity contribution in [3.05, 3.63) is 40.9 Å². The molecule has 0 saturated heterocycles. The summed E-state index contributed by atoms with van der Waals surface area (Å²) in [5.41, 5.74) is 1.06. The van der Waals surface area contributed by atoms with Crippen molar-refractivity contribution in [1.29, 1.82) is 0 Å². The van der Waals surface area contributed by atoms with Crippen molar-refractivity contribution in [2.75, 3.05) is 0 Å². The summed E-state index contributed by atoms with van der Waals surface area (Å²) in [6, 6.07) is 1.93. The number of rotatable bonds is 2. The molecule has 0 N–H and O–H groups in total. The Labute approximate surface area is 101 Å². The Kier molecular flexibility index (Phi) is 3.33. The predicted octanol–water partition coefficient (Wildman–Crippen LogP) is 3.09. The normalized spacial score (nSPS) is 10.3. The van der Waals surface area contributed by atoms with Gasteiger partial charge in [0.05, 0.1) is 0 Å². The van der Waals surface area contributed by atoms with Crippen molar-refractivity contribution >= 4 is 27.7 Å². The number of nitrogens with zero attached hydrogens (tertiary/aromatic N) is 3. The Hall–Kier alpha value is -0.940. The number of aryl methyl sites for hydroxylation is 1. The van der Waals surface area contributed by atoms with Crippen molar-refractivity contribution in [2.45, 2.75) is 17.0 Å². The van der Waals surface area contributed by atoms with Crippen molar-refractivity contribution in [2.24, 2.45) is 0 Å². The van der Waals surface area contributed by atoms with Gasteiger partial charge < -0.3 is 0 Å². The fourth-order valence-corrected chi connectivity index (χ4v) is 2.16. The maximum absolute atomic E-state index is 4.23. The Morgan fingerprint density at radius 3 is 2.60 bits per heavy atom. The summed E-state index contributed by atoms with van der Waals surface area (Å²) in [6.45, 7) is 1.97. The van der Waals surface area contributed by atoms with Crippen molar-refractivity contribution < 1.29 is 0 Å². The molecule has 3 nitrogen and oxygen atoms in total. The second-order valence-corrected chi connectivity index (χ2v) is 4.81. The van der Waals surface area contributed by atoms with Crippen LogP contribution in [0, 0.1) is 6.92 Å². The Bertz CT molecular complexity index is 458. The molecule has 0 atom stereocenters. The molecule has 2 rings (SSSR count). The molecule has 2 aromatic heterocycles. The first-order chi connectivity index (χ1) is 7.25. The third-order valence-electron chi connectivity index (χ3n) is 1.69. The van der Waals surface area contributed by atoms with Gasteiger partial charge in [-0.25, -0.2) is 9.97 Å². The predicted molar refractivity (Wildman–Crippen MR) is 62.8 cm³/mol. The highest BCUT2D eigenvalue weighted by molar-refractivity contribution is 9.10. The van der Waals surface area contributed by atoms with Crippen molar-refractivity contribution in [3.8, 4) is 0 Å². The van der Waals surface area contributed by atoms with Gasteiger partial charge in [-0.15, -0.1) is 0 Å². The fraction of sp³-hybridized carbons (Fsp3) is 0.100. The van der Waals surface area contributed by atoms with Gasteiger partial charge in [-0.1, -0.05) is 0 Å². The van der Waals surface area contributed by atoms with E-state index in [9.17, 15) is 0 Å². The van der Waals surface area contributed by atoms with Gasteiger partial charge in [-0.05, 0) is 46.2 Å². The molecule has 0 radical (unpaired) electrons.